The summed E-state index contributed by atoms with van der Waals surface area (Å²) in [6.07, 6.45) is 1.43. The highest BCUT2D eigenvalue weighted by atomic mass is 16.2. The van der Waals surface area contributed by atoms with Crippen molar-refractivity contribution < 1.29 is 19.2 Å². The summed E-state index contributed by atoms with van der Waals surface area (Å²) in [5, 5.41) is 11.0. The number of rotatable bonds is 18. The molecule has 10 heteroatoms. The van der Waals surface area contributed by atoms with Crippen molar-refractivity contribution in [1.29, 1.82) is 0 Å². The van der Waals surface area contributed by atoms with Crippen LogP contribution in [0.2, 0.25) is 0 Å². The van der Waals surface area contributed by atoms with E-state index in [1.54, 1.807) is 7.05 Å². The van der Waals surface area contributed by atoms with Crippen LogP contribution in [0.1, 0.15) is 46.5 Å². The van der Waals surface area contributed by atoms with E-state index in [-0.39, 0.29) is 23.6 Å². The SMILES string of the molecule is CCNC(=O)CCN(CCC(=O)NC)CCN(CCC(=O)NCC)CCC(=O)NCC. The number of carbonyl (C=O) groups excluding carboxylic acids is 4. The van der Waals surface area contributed by atoms with Gasteiger partial charge >= 0.3 is 0 Å². The van der Waals surface area contributed by atoms with Gasteiger partial charge in [0.2, 0.25) is 23.6 Å². The van der Waals surface area contributed by atoms with Crippen LogP contribution in [0.15, 0.2) is 0 Å². The molecule has 0 atom stereocenters. The van der Waals surface area contributed by atoms with Gasteiger partial charge in [0.1, 0.15) is 0 Å². The zero-order chi connectivity index (χ0) is 23.5. The van der Waals surface area contributed by atoms with E-state index in [1.807, 2.05) is 20.8 Å². The second-order valence-corrected chi connectivity index (χ2v) is 7.22. The van der Waals surface area contributed by atoms with Crippen molar-refractivity contribution in [3.63, 3.8) is 0 Å². The highest BCUT2D eigenvalue weighted by Crippen LogP contribution is 2.01. The molecule has 0 bridgehead atoms. The lowest BCUT2D eigenvalue weighted by Crippen LogP contribution is -2.41. The normalized spacial score (nSPS) is 10.8. The van der Waals surface area contributed by atoms with Crippen LogP contribution in [0.5, 0.6) is 0 Å². The topological polar surface area (TPSA) is 123 Å². The molecule has 0 spiro atoms. The van der Waals surface area contributed by atoms with Gasteiger partial charge in [0, 0.05) is 91.6 Å². The highest BCUT2D eigenvalue weighted by molar-refractivity contribution is 5.77. The van der Waals surface area contributed by atoms with Crippen LogP contribution in [0, 0.1) is 0 Å². The van der Waals surface area contributed by atoms with Gasteiger partial charge in [-0.25, -0.2) is 0 Å². The molecule has 0 saturated carbocycles. The average Bonchev–Trinajstić information content (AvgIpc) is 2.74. The number of hydrogen-bond acceptors (Lipinski definition) is 6. The molecule has 0 aliphatic heterocycles. The smallest absolute Gasteiger partial charge is 0.221 e. The average molecular weight is 443 g/mol. The van der Waals surface area contributed by atoms with Gasteiger partial charge in [0.15, 0.2) is 0 Å². The lowest BCUT2D eigenvalue weighted by atomic mass is 10.2. The molecule has 0 saturated heterocycles. The Bertz CT molecular complexity index is 522. The second kappa shape index (κ2) is 18.6. The Morgan fingerprint density at radius 1 is 0.516 bits per heavy atom. The maximum Gasteiger partial charge on any atom is 0.221 e. The van der Waals surface area contributed by atoms with Crippen LogP contribution in [0.4, 0.5) is 0 Å². The van der Waals surface area contributed by atoms with Crippen molar-refractivity contribution in [3.05, 3.63) is 0 Å². The minimum Gasteiger partial charge on any atom is -0.359 e. The first kappa shape index (κ1) is 28.8. The molecule has 180 valence electrons. The van der Waals surface area contributed by atoms with E-state index < -0.39 is 0 Å². The van der Waals surface area contributed by atoms with Gasteiger partial charge in [-0.1, -0.05) is 0 Å². The first-order valence-corrected chi connectivity index (χ1v) is 11.3. The van der Waals surface area contributed by atoms with Crippen molar-refractivity contribution in [2.24, 2.45) is 0 Å². The van der Waals surface area contributed by atoms with Crippen molar-refractivity contribution >= 4 is 23.6 Å². The molecule has 0 aliphatic carbocycles. The number of amides is 4. The summed E-state index contributed by atoms with van der Waals surface area (Å²) in [6.45, 7) is 10.9. The van der Waals surface area contributed by atoms with E-state index in [1.165, 1.54) is 0 Å². The molecule has 0 rings (SSSR count). The standard InChI is InChI=1S/C21H42N6O4/c1-5-23-19(29)9-13-26(12-8-18(28)22-4)16-17-27(14-10-20(30)24-6-2)15-11-21(31)25-7-3/h5-17H2,1-4H3,(H,22,28)(H,23,29)(H,24,30)(H,25,31). The van der Waals surface area contributed by atoms with Crippen molar-refractivity contribution in [2.75, 3.05) is 66.0 Å². The quantitative estimate of drug-likeness (QED) is 0.223. The number of hydrogen-bond donors (Lipinski definition) is 4. The second-order valence-electron chi connectivity index (χ2n) is 7.22. The van der Waals surface area contributed by atoms with Crippen LogP contribution in [0.25, 0.3) is 0 Å². The lowest BCUT2D eigenvalue weighted by molar-refractivity contribution is -0.123. The molecule has 0 aromatic carbocycles. The third-order valence-electron chi connectivity index (χ3n) is 4.75. The summed E-state index contributed by atoms with van der Waals surface area (Å²) in [4.78, 5) is 51.4. The summed E-state index contributed by atoms with van der Waals surface area (Å²) in [6, 6.07) is 0. The van der Waals surface area contributed by atoms with Gasteiger partial charge in [-0.15, -0.1) is 0 Å². The van der Waals surface area contributed by atoms with Gasteiger partial charge in [-0.05, 0) is 20.8 Å². The fourth-order valence-corrected chi connectivity index (χ4v) is 2.97. The largest absolute Gasteiger partial charge is 0.359 e. The van der Waals surface area contributed by atoms with E-state index >= 15 is 0 Å². The van der Waals surface area contributed by atoms with E-state index in [4.69, 9.17) is 0 Å². The number of nitrogens with zero attached hydrogens (tertiary/aromatic N) is 2. The van der Waals surface area contributed by atoms with E-state index in [2.05, 4.69) is 31.1 Å². The predicted molar refractivity (Wildman–Crippen MR) is 121 cm³/mol. The molecule has 0 unspecified atom stereocenters. The molecule has 0 heterocycles. The van der Waals surface area contributed by atoms with Crippen LogP contribution in [-0.4, -0.2) is 99.4 Å². The maximum atomic E-state index is 11.9. The van der Waals surface area contributed by atoms with Crippen LogP contribution in [-0.2, 0) is 19.2 Å². The molecule has 31 heavy (non-hydrogen) atoms. The maximum absolute atomic E-state index is 11.9. The fourth-order valence-electron chi connectivity index (χ4n) is 2.97. The Labute approximate surface area is 186 Å². The first-order valence-electron chi connectivity index (χ1n) is 11.3. The van der Waals surface area contributed by atoms with E-state index in [9.17, 15) is 19.2 Å². The van der Waals surface area contributed by atoms with Crippen molar-refractivity contribution in [3.8, 4) is 0 Å². The molecule has 4 N–H and O–H groups in total. The van der Waals surface area contributed by atoms with Crippen LogP contribution >= 0.6 is 0 Å². The van der Waals surface area contributed by atoms with Crippen LogP contribution in [0.3, 0.4) is 0 Å². The Morgan fingerprint density at radius 2 is 0.806 bits per heavy atom. The molecule has 4 amide bonds. The molecule has 0 aromatic rings. The Hall–Kier alpha value is -2.20. The molecule has 0 aromatic heterocycles. The first-order chi connectivity index (χ1) is 14.9. The van der Waals surface area contributed by atoms with Crippen LogP contribution < -0.4 is 21.3 Å². The summed E-state index contributed by atoms with van der Waals surface area (Å²) in [5.74, 6) is -0.0967. The summed E-state index contributed by atoms with van der Waals surface area (Å²) >= 11 is 0. The van der Waals surface area contributed by atoms with E-state index in [0.29, 0.717) is 84.6 Å². The van der Waals surface area contributed by atoms with Gasteiger partial charge in [-0.2, -0.15) is 0 Å². The van der Waals surface area contributed by atoms with Gasteiger partial charge < -0.3 is 31.1 Å². The Kier molecular flexibility index (Phi) is 17.2. The number of carbonyl (C=O) groups is 4. The molecular formula is C21H42N6O4. The molecule has 0 aliphatic rings. The molecule has 0 fully saturated rings. The summed E-state index contributed by atoms with van der Waals surface area (Å²) in [5.41, 5.74) is 0. The van der Waals surface area contributed by atoms with Gasteiger partial charge in [0.05, 0.1) is 0 Å². The summed E-state index contributed by atoms with van der Waals surface area (Å²) in [7, 11) is 1.60. The van der Waals surface area contributed by atoms with E-state index in [0.717, 1.165) is 0 Å². The monoisotopic (exact) mass is 442 g/mol. The molecule has 10 nitrogen and oxygen atoms in total. The third-order valence-corrected chi connectivity index (χ3v) is 4.75. The third kappa shape index (κ3) is 16.2. The predicted octanol–water partition coefficient (Wildman–Crippen LogP) is -0.695. The molecule has 0 radical (unpaired) electrons. The van der Waals surface area contributed by atoms with Gasteiger partial charge in [0.25, 0.3) is 0 Å². The minimum atomic E-state index is -0.0488. The van der Waals surface area contributed by atoms with Crippen molar-refractivity contribution in [2.45, 2.75) is 46.5 Å². The Balaban J connectivity index is 4.86. The lowest BCUT2D eigenvalue weighted by Gasteiger charge is -2.27. The Morgan fingerprint density at radius 3 is 1.06 bits per heavy atom. The molecular weight excluding hydrogens is 400 g/mol. The summed E-state index contributed by atoms with van der Waals surface area (Å²) < 4.78 is 0. The number of nitrogens with one attached hydrogen (secondary N) is 4. The fraction of sp³-hybridized carbons (Fsp3) is 0.810. The zero-order valence-corrected chi connectivity index (χ0v) is 19.7. The van der Waals surface area contributed by atoms with Gasteiger partial charge in [-0.3, -0.25) is 19.2 Å². The highest BCUT2D eigenvalue weighted by Gasteiger charge is 2.14. The van der Waals surface area contributed by atoms with Crippen molar-refractivity contribution in [1.82, 2.24) is 31.1 Å². The zero-order valence-electron chi connectivity index (χ0n) is 19.7. The minimum absolute atomic E-state index is 0.0155.